The molecule has 7 heteroatoms. The molecule has 0 aliphatic rings. The summed E-state index contributed by atoms with van der Waals surface area (Å²) in [5.74, 6) is 0.0552. The number of amides is 1. The van der Waals surface area contributed by atoms with Crippen molar-refractivity contribution in [3.63, 3.8) is 0 Å². The third-order valence-electron chi connectivity index (χ3n) is 2.09. The van der Waals surface area contributed by atoms with Crippen LogP contribution in [0.3, 0.4) is 0 Å². The first-order chi connectivity index (χ1) is 8.20. The Balaban J connectivity index is 2.90. The van der Waals surface area contributed by atoms with E-state index >= 15 is 0 Å². The van der Waals surface area contributed by atoms with Gasteiger partial charge >= 0.3 is 0 Å². The van der Waals surface area contributed by atoms with E-state index in [0.717, 1.165) is 0 Å². The quantitative estimate of drug-likeness (QED) is 0.868. The molecule has 4 nitrogen and oxygen atoms in total. The van der Waals surface area contributed by atoms with Gasteiger partial charge in [-0.05, 0) is 24.1 Å². The van der Waals surface area contributed by atoms with Crippen molar-refractivity contribution in [3.8, 4) is 0 Å². The average Bonchev–Trinajstić information content (AvgIpc) is 2.18. The van der Waals surface area contributed by atoms with Gasteiger partial charge in [0, 0.05) is 17.1 Å². The third-order valence-corrected chi connectivity index (χ3v) is 3.75. The highest BCUT2D eigenvalue weighted by Gasteiger charge is 2.13. The Morgan fingerprint density at radius 2 is 2.00 bits per heavy atom. The van der Waals surface area contributed by atoms with Gasteiger partial charge in [0.15, 0.2) is 0 Å². The van der Waals surface area contributed by atoms with Crippen LogP contribution in [-0.4, -0.2) is 14.3 Å². The molecule has 0 bridgehead atoms. The van der Waals surface area contributed by atoms with Crippen LogP contribution in [0.25, 0.3) is 0 Å². The highest BCUT2D eigenvalue weighted by molar-refractivity contribution is 8.13. The summed E-state index contributed by atoms with van der Waals surface area (Å²) in [4.78, 5) is 11.4. The second-order valence-corrected chi connectivity index (χ2v) is 7.20. The van der Waals surface area contributed by atoms with Crippen molar-refractivity contribution in [2.45, 2.75) is 25.2 Å². The molecule has 0 spiro atoms. The third kappa shape index (κ3) is 4.48. The molecule has 0 fully saturated rings. The molecular formula is C11H13Cl2NO3S. The minimum atomic E-state index is -3.81. The number of benzene rings is 1. The van der Waals surface area contributed by atoms with Crippen LogP contribution in [0, 0.1) is 5.92 Å². The molecule has 0 saturated heterocycles. The number of halogens is 2. The number of carbonyl (C=O) groups excluding carboxylic acids is 1. The van der Waals surface area contributed by atoms with Gasteiger partial charge in [0.2, 0.25) is 5.91 Å². The van der Waals surface area contributed by atoms with Crippen molar-refractivity contribution in [2.75, 3.05) is 5.32 Å². The van der Waals surface area contributed by atoms with Gasteiger partial charge in [-0.25, -0.2) is 8.42 Å². The van der Waals surface area contributed by atoms with Gasteiger partial charge in [-0.3, -0.25) is 4.79 Å². The molecule has 100 valence electrons. The molecule has 0 radical (unpaired) electrons. The fourth-order valence-electron chi connectivity index (χ4n) is 1.32. The summed E-state index contributed by atoms with van der Waals surface area (Å²) in [6.07, 6.45) is 0.367. The zero-order valence-corrected chi connectivity index (χ0v) is 12.2. The van der Waals surface area contributed by atoms with Crippen molar-refractivity contribution in [1.82, 2.24) is 0 Å². The van der Waals surface area contributed by atoms with E-state index in [1.165, 1.54) is 18.2 Å². The number of anilines is 1. The van der Waals surface area contributed by atoms with Crippen LogP contribution in [0.4, 0.5) is 5.69 Å². The molecule has 0 heterocycles. The molecule has 0 saturated carbocycles. The molecule has 0 aliphatic heterocycles. The van der Waals surface area contributed by atoms with Gasteiger partial charge in [0.25, 0.3) is 9.05 Å². The van der Waals surface area contributed by atoms with Gasteiger partial charge < -0.3 is 5.32 Å². The number of hydrogen-bond acceptors (Lipinski definition) is 3. The van der Waals surface area contributed by atoms with Gasteiger partial charge in [-0.15, -0.1) is 0 Å². The lowest BCUT2D eigenvalue weighted by molar-refractivity contribution is -0.116. The Hall–Kier alpha value is -0.780. The lowest BCUT2D eigenvalue weighted by atomic mass is 10.1. The minimum Gasteiger partial charge on any atom is -0.325 e. The first kappa shape index (κ1) is 15.3. The van der Waals surface area contributed by atoms with E-state index in [1.54, 1.807) is 0 Å². The number of rotatable bonds is 4. The Kier molecular flexibility index (Phi) is 5.01. The Bertz CT molecular complexity index is 555. The molecule has 1 rings (SSSR count). The molecule has 18 heavy (non-hydrogen) atoms. The summed E-state index contributed by atoms with van der Waals surface area (Å²) in [6.45, 7) is 3.84. The molecule has 0 unspecified atom stereocenters. The van der Waals surface area contributed by atoms with Crippen molar-refractivity contribution in [3.05, 3.63) is 23.2 Å². The average molecular weight is 310 g/mol. The van der Waals surface area contributed by atoms with E-state index < -0.39 is 9.05 Å². The first-order valence-corrected chi connectivity index (χ1v) is 7.93. The highest BCUT2D eigenvalue weighted by atomic mass is 35.7. The van der Waals surface area contributed by atoms with E-state index in [0.29, 0.717) is 12.1 Å². The molecule has 1 aromatic carbocycles. The molecule has 1 aromatic rings. The van der Waals surface area contributed by atoms with Crippen LogP contribution in [-0.2, 0) is 13.8 Å². The summed E-state index contributed by atoms with van der Waals surface area (Å²) in [7, 11) is 1.37. The van der Waals surface area contributed by atoms with Gasteiger partial charge in [0.1, 0.15) is 0 Å². The second kappa shape index (κ2) is 5.91. The van der Waals surface area contributed by atoms with E-state index in [9.17, 15) is 13.2 Å². The van der Waals surface area contributed by atoms with Crippen LogP contribution in [0.15, 0.2) is 23.1 Å². The fraction of sp³-hybridized carbons (Fsp3) is 0.364. The van der Waals surface area contributed by atoms with Crippen LogP contribution in [0.2, 0.25) is 5.02 Å². The largest absolute Gasteiger partial charge is 0.325 e. The normalized spacial score (nSPS) is 11.6. The first-order valence-electron chi connectivity index (χ1n) is 5.24. The van der Waals surface area contributed by atoms with E-state index in [2.05, 4.69) is 5.32 Å². The molecule has 0 atom stereocenters. The summed E-state index contributed by atoms with van der Waals surface area (Å²) in [5.41, 5.74) is 0.367. The smallest absolute Gasteiger partial charge is 0.261 e. The molecule has 1 N–H and O–H groups in total. The van der Waals surface area contributed by atoms with Crippen molar-refractivity contribution in [1.29, 1.82) is 0 Å². The second-order valence-electron chi connectivity index (χ2n) is 4.23. The highest BCUT2D eigenvalue weighted by Crippen LogP contribution is 2.27. The summed E-state index contributed by atoms with van der Waals surface area (Å²) in [5, 5.41) is 2.74. The maximum atomic E-state index is 11.5. The Morgan fingerprint density at radius 3 is 2.44 bits per heavy atom. The molecule has 0 aliphatic carbocycles. The Labute approximate surface area is 116 Å². The zero-order chi connectivity index (χ0) is 13.9. The van der Waals surface area contributed by atoms with Crippen LogP contribution in [0.1, 0.15) is 20.3 Å². The van der Waals surface area contributed by atoms with Crippen molar-refractivity contribution < 1.29 is 13.2 Å². The summed E-state index contributed by atoms with van der Waals surface area (Å²) in [6, 6.07) is 3.91. The van der Waals surface area contributed by atoms with E-state index in [4.69, 9.17) is 22.3 Å². The van der Waals surface area contributed by atoms with Gasteiger partial charge in [-0.1, -0.05) is 25.4 Å². The van der Waals surface area contributed by atoms with Gasteiger partial charge in [-0.2, -0.15) is 0 Å². The predicted octanol–water partition coefficient (Wildman–Crippen LogP) is 3.25. The minimum absolute atomic E-state index is 0.101. The van der Waals surface area contributed by atoms with Crippen LogP contribution >= 0.6 is 22.3 Å². The molecular weight excluding hydrogens is 297 g/mol. The standard InChI is InChI=1S/C11H13Cl2NO3S/c1-7(2)5-11(15)14-10-4-3-8(6-9(10)12)18(13,16)17/h3-4,6-7H,5H2,1-2H3,(H,14,15). The zero-order valence-electron chi connectivity index (χ0n) is 9.91. The van der Waals surface area contributed by atoms with E-state index in [-0.39, 0.29) is 21.7 Å². The maximum Gasteiger partial charge on any atom is 0.261 e. The lowest BCUT2D eigenvalue weighted by Gasteiger charge is -2.09. The van der Waals surface area contributed by atoms with Crippen molar-refractivity contribution in [2.24, 2.45) is 5.92 Å². The lowest BCUT2D eigenvalue weighted by Crippen LogP contribution is -2.14. The topological polar surface area (TPSA) is 63.2 Å². The maximum absolute atomic E-state index is 11.5. The van der Waals surface area contributed by atoms with Gasteiger partial charge in [0.05, 0.1) is 15.6 Å². The fourth-order valence-corrected chi connectivity index (χ4v) is 2.39. The van der Waals surface area contributed by atoms with Crippen LogP contribution < -0.4 is 5.32 Å². The molecule has 0 aromatic heterocycles. The summed E-state index contributed by atoms with van der Waals surface area (Å²) < 4.78 is 22.2. The monoisotopic (exact) mass is 309 g/mol. The summed E-state index contributed by atoms with van der Waals surface area (Å²) >= 11 is 5.88. The van der Waals surface area contributed by atoms with E-state index in [1.807, 2.05) is 13.8 Å². The molecule has 1 amide bonds. The number of hydrogen-bond donors (Lipinski definition) is 1. The van der Waals surface area contributed by atoms with Crippen molar-refractivity contribution >= 4 is 42.9 Å². The number of carbonyl (C=O) groups is 1. The van der Waals surface area contributed by atoms with Crippen LogP contribution in [0.5, 0.6) is 0 Å². The Morgan fingerprint density at radius 1 is 1.39 bits per heavy atom. The predicted molar refractivity (Wildman–Crippen MR) is 72.6 cm³/mol. The SMILES string of the molecule is CC(C)CC(=O)Nc1ccc(S(=O)(=O)Cl)cc1Cl. The number of nitrogens with one attached hydrogen (secondary N) is 1.